The Bertz CT molecular complexity index is 328. The first-order valence-electron chi connectivity index (χ1n) is 5.35. The van der Waals surface area contributed by atoms with Crippen LogP contribution in [0.25, 0.3) is 0 Å². The summed E-state index contributed by atoms with van der Waals surface area (Å²) in [6.07, 6.45) is 5.31. The maximum absolute atomic E-state index is 12.0. The number of nitrogens with two attached hydrogens (primary N) is 1. The Kier molecular flexibility index (Phi) is 3.07. The molecule has 0 radical (unpaired) electrons. The first-order chi connectivity index (χ1) is 7.29. The zero-order chi connectivity index (χ0) is 10.7. The quantitative estimate of drug-likeness (QED) is 0.458. The van der Waals surface area contributed by atoms with Crippen molar-refractivity contribution in [2.24, 2.45) is 5.84 Å². The zero-order valence-corrected chi connectivity index (χ0v) is 9.48. The van der Waals surface area contributed by atoms with Gasteiger partial charge in [0.25, 0.3) is 0 Å². The molecule has 1 amide bonds. The fraction of sp³-hybridized carbons (Fsp3) is 0.545. The van der Waals surface area contributed by atoms with Crippen molar-refractivity contribution in [2.45, 2.75) is 37.5 Å². The lowest BCUT2D eigenvalue weighted by atomic mass is 9.72. The summed E-state index contributed by atoms with van der Waals surface area (Å²) >= 11 is 1.66. The van der Waals surface area contributed by atoms with Crippen LogP contribution in [0.5, 0.6) is 0 Å². The van der Waals surface area contributed by atoms with Crippen LogP contribution in [-0.2, 0) is 10.2 Å². The molecule has 82 valence electrons. The van der Waals surface area contributed by atoms with Crippen molar-refractivity contribution in [1.29, 1.82) is 0 Å². The van der Waals surface area contributed by atoms with Gasteiger partial charge in [0.2, 0.25) is 5.91 Å². The second-order valence-corrected chi connectivity index (χ2v) is 5.04. The highest BCUT2D eigenvalue weighted by atomic mass is 32.1. The molecule has 0 saturated heterocycles. The average molecular weight is 224 g/mol. The van der Waals surface area contributed by atoms with Gasteiger partial charge in [0, 0.05) is 4.88 Å². The van der Waals surface area contributed by atoms with E-state index < -0.39 is 0 Å². The monoisotopic (exact) mass is 224 g/mol. The summed E-state index contributed by atoms with van der Waals surface area (Å²) in [5, 5.41) is 2.02. The normalized spacial score (nSPS) is 19.8. The molecule has 0 aliphatic heterocycles. The van der Waals surface area contributed by atoms with Gasteiger partial charge in [-0.25, -0.2) is 5.84 Å². The number of rotatable bonds is 2. The predicted octanol–water partition coefficient (Wildman–Crippen LogP) is 1.94. The summed E-state index contributed by atoms with van der Waals surface area (Å²) < 4.78 is 0. The maximum atomic E-state index is 12.0. The molecule has 0 unspecified atom stereocenters. The van der Waals surface area contributed by atoms with E-state index >= 15 is 0 Å². The van der Waals surface area contributed by atoms with Crippen LogP contribution in [0, 0.1) is 0 Å². The van der Waals surface area contributed by atoms with E-state index in [0.29, 0.717) is 0 Å². The van der Waals surface area contributed by atoms with E-state index in [1.165, 1.54) is 6.42 Å². The summed E-state index contributed by atoms with van der Waals surface area (Å²) in [4.78, 5) is 13.1. The molecule has 1 aliphatic rings. The number of hydrogen-bond donors (Lipinski definition) is 2. The van der Waals surface area contributed by atoms with Crippen LogP contribution in [0.1, 0.15) is 37.0 Å². The summed E-state index contributed by atoms with van der Waals surface area (Å²) in [5.74, 6) is 5.28. The lowest BCUT2D eigenvalue weighted by molar-refractivity contribution is -0.128. The first kappa shape index (κ1) is 10.6. The van der Waals surface area contributed by atoms with E-state index in [-0.39, 0.29) is 11.3 Å². The lowest BCUT2D eigenvalue weighted by Gasteiger charge is -2.34. The molecule has 1 aromatic rings. The second kappa shape index (κ2) is 4.33. The van der Waals surface area contributed by atoms with Gasteiger partial charge in [-0.05, 0) is 24.3 Å². The number of hydrazine groups is 1. The second-order valence-electron chi connectivity index (χ2n) is 4.09. The molecule has 0 bridgehead atoms. The highest BCUT2D eigenvalue weighted by Gasteiger charge is 2.41. The van der Waals surface area contributed by atoms with E-state index in [4.69, 9.17) is 5.84 Å². The Morgan fingerprint density at radius 1 is 1.40 bits per heavy atom. The standard InChI is InChI=1S/C11H16N2OS/c12-13-10(14)11(6-2-1-3-7-11)9-5-4-8-15-9/h4-5,8H,1-3,6-7,12H2,(H,13,14). The van der Waals surface area contributed by atoms with Gasteiger partial charge in [-0.1, -0.05) is 25.3 Å². The van der Waals surface area contributed by atoms with Gasteiger partial charge in [-0.2, -0.15) is 0 Å². The molecule has 1 aromatic heterocycles. The minimum absolute atomic E-state index is 0.0235. The van der Waals surface area contributed by atoms with E-state index in [0.717, 1.165) is 30.6 Å². The topological polar surface area (TPSA) is 55.1 Å². The van der Waals surface area contributed by atoms with Crippen molar-refractivity contribution >= 4 is 17.2 Å². The van der Waals surface area contributed by atoms with Crippen LogP contribution in [-0.4, -0.2) is 5.91 Å². The van der Waals surface area contributed by atoms with Crippen molar-refractivity contribution in [3.8, 4) is 0 Å². The van der Waals surface area contributed by atoms with Crippen LogP contribution in [0.15, 0.2) is 17.5 Å². The molecule has 0 spiro atoms. The summed E-state index contributed by atoms with van der Waals surface area (Å²) in [6, 6.07) is 4.05. The van der Waals surface area contributed by atoms with Gasteiger partial charge in [0.15, 0.2) is 0 Å². The van der Waals surface area contributed by atoms with Crippen molar-refractivity contribution in [1.82, 2.24) is 5.43 Å². The molecule has 3 nitrogen and oxygen atoms in total. The van der Waals surface area contributed by atoms with Gasteiger partial charge in [-0.15, -0.1) is 11.3 Å². The van der Waals surface area contributed by atoms with Crippen molar-refractivity contribution in [3.63, 3.8) is 0 Å². The maximum Gasteiger partial charge on any atom is 0.245 e. The Morgan fingerprint density at radius 3 is 2.67 bits per heavy atom. The molecule has 1 saturated carbocycles. The Balaban J connectivity index is 2.34. The predicted molar refractivity (Wildman–Crippen MR) is 61.4 cm³/mol. The number of nitrogens with one attached hydrogen (secondary N) is 1. The number of carbonyl (C=O) groups excluding carboxylic acids is 1. The average Bonchev–Trinajstić information content (AvgIpc) is 2.83. The van der Waals surface area contributed by atoms with Crippen LogP contribution in [0.2, 0.25) is 0 Å². The molecule has 4 heteroatoms. The van der Waals surface area contributed by atoms with E-state index in [9.17, 15) is 4.79 Å². The largest absolute Gasteiger partial charge is 0.293 e. The SMILES string of the molecule is NNC(=O)C1(c2cccs2)CCCCC1. The molecule has 1 heterocycles. The van der Waals surface area contributed by atoms with Gasteiger partial charge in [-0.3, -0.25) is 10.2 Å². The number of amides is 1. The van der Waals surface area contributed by atoms with Crippen LogP contribution < -0.4 is 11.3 Å². The lowest BCUT2D eigenvalue weighted by Crippen LogP contribution is -2.48. The molecule has 1 fully saturated rings. The number of thiophene rings is 1. The van der Waals surface area contributed by atoms with Gasteiger partial charge in [0.05, 0.1) is 5.41 Å². The Morgan fingerprint density at radius 2 is 2.13 bits per heavy atom. The third-order valence-electron chi connectivity index (χ3n) is 3.27. The molecule has 2 rings (SSSR count). The van der Waals surface area contributed by atoms with Crippen molar-refractivity contribution in [3.05, 3.63) is 22.4 Å². The van der Waals surface area contributed by atoms with Crippen molar-refractivity contribution < 1.29 is 4.79 Å². The summed E-state index contributed by atoms with van der Waals surface area (Å²) in [5.41, 5.74) is 1.99. The van der Waals surface area contributed by atoms with Crippen LogP contribution >= 0.6 is 11.3 Å². The van der Waals surface area contributed by atoms with Gasteiger partial charge in [0.1, 0.15) is 0 Å². The molecule has 1 aliphatic carbocycles. The summed E-state index contributed by atoms with van der Waals surface area (Å²) in [7, 11) is 0. The molecule has 3 N–H and O–H groups in total. The summed E-state index contributed by atoms with van der Waals surface area (Å²) in [6.45, 7) is 0. The third-order valence-corrected chi connectivity index (χ3v) is 4.34. The van der Waals surface area contributed by atoms with Crippen LogP contribution in [0.3, 0.4) is 0 Å². The molecule has 0 aromatic carbocycles. The van der Waals surface area contributed by atoms with Crippen molar-refractivity contribution in [2.75, 3.05) is 0 Å². The number of hydrogen-bond acceptors (Lipinski definition) is 3. The smallest absolute Gasteiger partial charge is 0.245 e. The van der Waals surface area contributed by atoms with E-state index in [2.05, 4.69) is 5.43 Å². The highest BCUT2D eigenvalue weighted by Crippen LogP contribution is 2.41. The van der Waals surface area contributed by atoms with Gasteiger partial charge >= 0.3 is 0 Å². The molecular formula is C11H16N2OS. The molecule has 15 heavy (non-hydrogen) atoms. The number of carbonyl (C=O) groups is 1. The fourth-order valence-electron chi connectivity index (χ4n) is 2.43. The minimum atomic E-state index is -0.346. The minimum Gasteiger partial charge on any atom is -0.293 e. The zero-order valence-electron chi connectivity index (χ0n) is 8.66. The Hall–Kier alpha value is -0.870. The van der Waals surface area contributed by atoms with Crippen LogP contribution in [0.4, 0.5) is 0 Å². The first-order valence-corrected chi connectivity index (χ1v) is 6.22. The van der Waals surface area contributed by atoms with E-state index in [1.54, 1.807) is 11.3 Å². The Labute approximate surface area is 93.6 Å². The highest BCUT2D eigenvalue weighted by molar-refractivity contribution is 7.10. The molecule has 0 atom stereocenters. The fourth-order valence-corrected chi connectivity index (χ4v) is 3.41. The van der Waals surface area contributed by atoms with Gasteiger partial charge < -0.3 is 0 Å². The molecular weight excluding hydrogens is 208 g/mol. The van der Waals surface area contributed by atoms with E-state index in [1.807, 2.05) is 17.5 Å². The third kappa shape index (κ3) is 1.79.